The molecule has 0 amide bonds. The summed E-state index contributed by atoms with van der Waals surface area (Å²) in [6.45, 7) is 1.47. The van der Waals surface area contributed by atoms with Crippen LogP contribution in [0.3, 0.4) is 0 Å². The summed E-state index contributed by atoms with van der Waals surface area (Å²) < 4.78 is 18.2. The number of aliphatic carboxylic acids is 1. The lowest BCUT2D eigenvalue weighted by atomic mass is 10.2. The van der Waals surface area contributed by atoms with Crippen molar-refractivity contribution in [3.05, 3.63) is 29.6 Å². The van der Waals surface area contributed by atoms with Gasteiger partial charge in [-0.1, -0.05) is 6.07 Å². The van der Waals surface area contributed by atoms with E-state index in [0.29, 0.717) is 5.56 Å². The molecular weight excluding hydrogens is 201 g/mol. The molecule has 0 fully saturated rings. The van der Waals surface area contributed by atoms with E-state index in [0.717, 1.165) is 6.07 Å². The van der Waals surface area contributed by atoms with Crippen molar-refractivity contribution in [2.75, 3.05) is 0 Å². The molecule has 0 saturated heterocycles. The first-order valence-electron chi connectivity index (χ1n) is 4.42. The highest BCUT2D eigenvalue weighted by Gasteiger charge is 2.13. The second-order valence-electron chi connectivity index (χ2n) is 3.06. The summed E-state index contributed by atoms with van der Waals surface area (Å²) in [5.74, 6) is -1.41. The predicted molar refractivity (Wildman–Crippen MR) is 52.0 cm³/mol. The Balaban J connectivity index is 2.79. The fraction of sp³-hybridized carbons (Fsp3) is 0.300. The minimum atomic E-state index is -1.10. The first kappa shape index (κ1) is 11.5. The number of hydrogen-bond donors (Lipinski definition) is 2. The smallest absolute Gasteiger partial charge is 0.344 e. The Labute approximate surface area is 86.5 Å². The molecule has 0 aliphatic rings. The van der Waals surface area contributed by atoms with E-state index >= 15 is 0 Å². The monoisotopic (exact) mass is 213 g/mol. The van der Waals surface area contributed by atoms with Crippen LogP contribution in [0.1, 0.15) is 12.5 Å². The van der Waals surface area contributed by atoms with Gasteiger partial charge < -0.3 is 15.6 Å². The van der Waals surface area contributed by atoms with Crippen LogP contribution < -0.4 is 10.5 Å². The summed E-state index contributed by atoms with van der Waals surface area (Å²) in [6.07, 6.45) is -1.01. The number of benzene rings is 1. The van der Waals surface area contributed by atoms with E-state index < -0.39 is 17.9 Å². The maximum Gasteiger partial charge on any atom is 0.344 e. The molecule has 0 aliphatic carbocycles. The maximum absolute atomic E-state index is 13.2. The van der Waals surface area contributed by atoms with E-state index in [1.165, 1.54) is 19.1 Å². The van der Waals surface area contributed by atoms with E-state index in [9.17, 15) is 9.18 Å². The van der Waals surface area contributed by atoms with Crippen molar-refractivity contribution < 1.29 is 19.0 Å². The Morgan fingerprint density at radius 1 is 1.67 bits per heavy atom. The molecule has 0 bridgehead atoms. The third kappa shape index (κ3) is 2.92. The van der Waals surface area contributed by atoms with Crippen LogP contribution in [0.2, 0.25) is 0 Å². The standard InChI is InChI=1S/C10H12FNO3/c1-6(10(13)14)15-8-3-2-7(5-12)9(11)4-8/h2-4,6H,5,12H2,1H3,(H,13,14)/t6-/m0/s1. The lowest BCUT2D eigenvalue weighted by Gasteiger charge is -2.10. The first-order chi connectivity index (χ1) is 7.04. The third-order valence-electron chi connectivity index (χ3n) is 1.91. The van der Waals surface area contributed by atoms with Gasteiger partial charge in [0.1, 0.15) is 11.6 Å². The van der Waals surface area contributed by atoms with Crippen molar-refractivity contribution >= 4 is 5.97 Å². The van der Waals surface area contributed by atoms with Gasteiger partial charge in [0.05, 0.1) is 0 Å². The molecule has 0 aromatic heterocycles. The highest BCUT2D eigenvalue weighted by molar-refractivity contribution is 5.72. The molecule has 0 heterocycles. The maximum atomic E-state index is 13.2. The molecule has 4 nitrogen and oxygen atoms in total. The second-order valence-corrected chi connectivity index (χ2v) is 3.06. The van der Waals surface area contributed by atoms with Gasteiger partial charge in [-0.2, -0.15) is 0 Å². The average molecular weight is 213 g/mol. The van der Waals surface area contributed by atoms with Gasteiger partial charge >= 0.3 is 5.97 Å². The highest BCUT2D eigenvalue weighted by Crippen LogP contribution is 2.17. The Morgan fingerprint density at radius 3 is 2.80 bits per heavy atom. The van der Waals surface area contributed by atoms with E-state index in [4.69, 9.17) is 15.6 Å². The summed E-state index contributed by atoms with van der Waals surface area (Å²) in [5.41, 5.74) is 5.64. The van der Waals surface area contributed by atoms with Crippen LogP contribution in [0.15, 0.2) is 18.2 Å². The Hall–Kier alpha value is -1.62. The number of carboxylic acid groups (broad SMARTS) is 1. The molecule has 15 heavy (non-hydrogen) atoms. The molecule has 0 spiro atoms. The molecule has 3 N–H and O–H groups in total. The topological polar surface area (TPSA) is 72.5 Å². The fourth-order valence-corrected chi connectivity index (χ4v) is 1.02. The van der Waals surface area contributed by atoms with Crippen LogP contribution in [0.5, 0.6) is 5.75 Å². The minimum Gasteiger partial charge on any atom is -0.479 e. The van der Waals surface area contributed by atoms with Crippen molar-refractivity contribution in [2.24, 2.45) is 5.73 Å². The molecule has 1 rings (SSSR count). The van der Waals surface area contributed by atoms with Crippen molar-refractivity contribution in [1.29, 1.82) is 0 Å². The molecular formula is C10H12FNO3. The molecule has 0 radical (unpaired) electrons. The Morgan fingerprint density at radius 2 is 2.33 bits per heavy atom. The van der Waals surface area contributed by atoms with Gasteiger partial charge in [0, 0.05) is 18.2 Å². The largest absolute Gasteiger partial charge is 0.479 e. The van der Waals surface area contributed by atoms with Gasteiger partial charge in [0.25, 0.3) is 0 Å². The molecule has 1 aromatic carbocycles. The lowest BCUT2D eigenvalue weighted by molar-refractivity contribution is -0.144. The summed E-state index contributed by atoms with van der Waals surface area (Å²) >= 11 is 0. The van der Waals surface area contributed by atoms with Gasteiger partial charge in [0.2, 0.25) is 0 Å². The summed E-state index contributed by atoms with van der Waals surface area (Å²) in [6, 6.07) is 4.09. The van der Waals surface area contributed by atoms with Crippen LogP contribution in [-0.4, -0.2) is 17.2 Å². The van der Waals surface area contributed by atoms with Crippen molar-refractivity contribution in [3.63, 3.8) is 0 Å². The zero-order valence-corrected chi connectivity index (χ0v) is 8.24. The van der Waals surface area contributed by atoms with Crippen LogP contribution in [0.25, 0.3) is 0 Å². The number of ether oxygens (including phenoxy) is 1. The summed E-state index contributed by atoms with van der Waals surface area (Å²) in [5, 5.41) is 8.57. The average Bonchev–Trinajstić information content (AvgIpc) is 2.18. The van der Waals surface area contributed by atoms with E-state index in [1.54, 1.807) is 0 Å². The molecule has 1 aromatic rings. The van der Waals surface area contributed by atoms with E-state index in [2.05, 4.69) is 0 Å². The molecule has 82 valence electrons. The van der Waals surface area contributed by atoms with E-state index in [1.807, 2.05) is 0 Å². The zero-order valence-electron chi connectivity index (χ0n) is 8.24. The molecule has 0 aliphatic heterocycles. The number of carboxylic acids is 1. The SMILES string of the molecule is C[C@H](Oc1ccc(CN)c(F)c1)C(=O)O. The van der Waals surface area contributed by atoms with Crippen LogP contribution in [-0.2, 0) is 11.3 Å². The molecule has 0 unspecified atom stereocenters. The van der Waals surface area contributed by atoms with Gasteiger partial charge in [-0.3, -0.25) is 0 Å². The predicted octanol–water partition coefficient (Wildman–Crippen LogP) is 1.14. The summed E-state index contributed by atoms with van der Waals surface area (Å²) in [7, 11) is 0. The van der Waals surface area contributed by atoms with Crippen LogP contribution in [0.4, 0.5) is 4.39 Å². The van der Waals surface area contributed by atoms with Gasteiger partial charge in [0.15, 0.2) is 6.10 Å². The molecule has 5 heteroatoms. The van der Waals surface area contributed by atoms with Crippen molar-refractivity contribution in [1.82, 2.24) is 0 Å². The van der Waals surface area contributed by atoms with Gasteiger partial charge in [-0.05, 0) is 13.0 Å². The molecule has 1 atom stereocenters. The number of nitrogens with two attached hydrogens (primary N) is 1. The number of hydrogen-bond acceptors (Lipinski definition) is 3. The second kappa shape index (κ2) is 4.75. The fourth-order valence-electron chi connectivity index (χ4n) is 1.02. The summed E-state index contributed by atoms with van der Waals surface area (Å²) in [4.78, 5) is 10.5. The zero-order chi connectivity index (χ0) is 11.4. The van der Waals surface area contributed by atoms with E-state index in [-0.39, 0.29) is 12.3 Å². The Kier molecular flexibility index (Phi) is 3.62. The van der Waals surface area contributed by atoms with Crippen molar-refractivity contribution in [2.45, 2.75) is 19.6 Å². The first-order valence-corrected chi connectivity index (χ1v) is 4.42. The van der Waals surface area contributed by atoms with Crippen LogP contribution >= 0.6 is 0 Å². The minimum absolute atomic E-state index is 0.0978. The van der Waals surface area contributed by atoms with Gasteiger partial charge in [-0.25, -0.2) is 9.18 Å². The van der Waals surface area contributed by atoms with Crippen molar-refractivity contribution in [3.8, 4) is 5.75 Å². The highest BCUT2D eigenvalue weighted by atomic mass is 19.1. The number of halogens is 1. The molecule has 0 saturated carbocycles. The number of rotatable bonds is 4. The quantitative estimate of drug-likeness (QED) is 0.786. The third-order valence-corrected chi connectivity index (χ3v) is 1.91. The van der Waals surface area contributed by atoms with Gasteiger partial charge in [-0.15, -0.1) is 0 Å². The van der Waals surface area contributed by atoms with Crippen LogP contribution in [0, 0.1) is 5.82 Å². The lowest BCUT2D eigenvalue weighted by Crippen LogP contribution is -2.22. The Bertz CT molecular complexity index is 368. The number of carbonyl (C=O) groups is 1. The normalized spacial score (nSPS) is 12.2.